The monoisotopic (exact) mass is 539 g/mol. The number of para-hydroxylation sites is 1. The van der Waals surface area contributed by atoms with Crippen molar-refractivity contribution in [2.45, 2.75) is 38.1 Å². The third-order valence-corrected chi connectivity index (χ3v) is 8.12. The van der Waals surface area contributed by atoms with Gasteiger partial charge in [0.25, 0.3) is 5.91 Å². The van der Waals surface area contributed by atoms with Crippen LogP contribution in [-0.2, 0) is 10.2 Å². The standard InChI is InChI=1S/C32H26ClNO5/c1-31(2)17-32(3,19-10-6-5-7-11-19)24-15-20(33)14-21-22(29(36)34(31)27(21)24)16-25(35)23-13-18-9-8-12-26(38-4)28(18)39-30(23)37/h5-16H,17H2,1-4H3/b22-16+. The van der Waals surface area contributed by atoms with Gasteiger partial charge in [0, 0.05) is 26.9 Å². The van der Waals surface area contributed by atoms with Crippen molar-refractivity contribution in [3.05, 3.63) is 111 Å². The molecule has 1 unspecified atom stereocenters. The molecule has 3 heterocycles. The van der Waals surface area contributed by atoms with Gasteiger partial charge in [-0.1, -0.05) is 61.0 Å². The number of halogens is 1. The maximum absolute atomic E-state index is 13.9. The molecule has 6 nitrogen and oxygen atoms in total. The first kappa shape index (κ1) is 25.1. The molecular weight excluding hydrogens is 514 g/mol. The van der Waals surface area contributed by atoms with Gasteiger partial charge in [0.15, 0.2) is 17.1 Å². The molecule has 3 aromatic carbocycles. The lowest BCUT2D eigenvalue weighted by molar-refractivity contribution is -0.114. The Labute approximate surface area is 230 Å². The third-order valence-electron chi connectivity index (χ3n) is 7.90. The fourth-order valence-corrected chi connectivity index (χ4v) is 6.50. The Bertz CT molecular complexity index is 1790. The van der Waals surface area contributed by atoms with Gasteiger partial charge in [-0.3, -0.25) is 9.59 Å². The van der Waals surface area contributed by atoms with Crippen LogP contribution < -0.4 is 15.3 Å². The van der Waals surface area contributed by atoms with E-state index in [4.69, 9.17) is 20.8 Å². The SMILES string of the molecule is COc1cccc2cc(C(=O)/C=C3/C(=O)N4c5c3cc(Cl)cc5C(C)(c3ccccc3)CC4(C)C)c(=O)oc12. The van der Waals surface area contributed by atoms with Crippen molar-refractivity contribution < 1.29 is 18.7 Å². The molecule has 0 N–H and O–H groups in total. The minimum atomic E-state index is -0.801. The molecule has 0 saturated heterocycles. The number of hydrogen-bond acceptors (Lipinski definition) is 5. The van der Waals surface area contributed by atoms with Gasteiger partial charge in [-0.15, -0.1) is 0 Å². The topological polar surface area (TPSA) is 76.8 Å². The molecule has 1 aromatic heterocycles. The fourth-order valence-electron chi connectivity index (χ4n) is 6.28. The van der Waals surface area contributed by atoms with Crippen LogP contribution in [0.5, 0.6) is 5.75 Å². The van der Waals surface area contributed by atoms with E-state index in [0.29, 0.717) is 28.1 Å². The zero-order valence-corrected chi connectivity index (χ0v) is 22.8. The van der Waals surface area contributed by atoms with Crippen LogP contribution in [0.1, 0.15) is 54.2 Å². The van der Waals surface area contributed by atoms with E-state index < -0.39 is 22.4 Å². The summed E-state index contributed by atoms with van der Waals surface area (Å²) in [4.78, 5) is 42.0. The minimum Gasteiger partial charge on any atom is -0.493 e. The van der Waals surface area contributed by atoms with E-state index in [9.17, 15) is 14.4 Å². The van der Waals surface area contributed by atoms with Crippen molar-refractivity contribution >= 4 is 45.5 Å². The van der Waals surface area contributed by atoms with Gasteiger partial charge >= 0.3 is 5.63 Å². The Kier molecular flexibility index (Phi) is 5.59. The van der Waals surface area contributed by atoms with E-state index in [0.717, 1.165) is 16.8 Å². The highest BCUT2D eigenvalue weighted by Gasteiger charge is 2.52. The second-order valence-electron chi connectivity index (χ2n) is 10.9. The number of anilines is 1. The number of allylic oxidation sites excluding steroid dienone is 1. The van der Waals surface area contributed by atoms with Crippen LogP contribution >= 0.6 is 11.6 Å². The summed E-state index contributed by atoms with van der Waals surface area (Å²) in [5.41, 5.74) is 1.89. The summed E-state index contributed by atoms with van der Waals surface area (Å²) in [5, 5.41) is 1.01. The number of benzene rings is 3. The summed E-state index contributed by atoms with van der Waals surface area (Å²) in [5.74, 6) is -0.524. The molecule has 1 amide bonds. The van der Waals surface area contributed by atoms with Crippen LogP contribution in [0.3, 0.4) is 0 Å². The van der Waals surface area contributed by atoms with E-state index >= 15 is 0 Å². The normalized spacial score (nSPS) is 20.4. The van der Waals surface area contributed by atoms with E-state index in [1.54, 1.807) is 29.2 Å². The molecule has 39 heavy (non-hydrogen) atoms. The minimum absolute atomic E-state index is 0.165. The van der Waals surface area contributed by atoms with Crippen molar-refractivity contribution in [3.63, 3.8) is 0 Å². The Hall–Kier alpha value is -4.16. The Morgan fingerprint density at radius 2 is 1.77 bits per heavy atom. The van der Waals surface area contributed by atoms with E-state index in [1.165, 1.54) is 19.3 Å². The van der Waals surface area contributed by atoms with Crippen LogP contribution in [0.4, 0.5) is 5.69 Å². The van der Waals surface area contributed by atoms with Gasteiger partial charge in [0.1, 0.15) is 5.56 Å². The second-order valence-corrected chi connectivity index (χ2v) is 11.4. The number of methoxy groups -OCH3 is 1. The highest BCUT2D eigenvalue weighted by atomic mass is 35.5. The van der Waals surface area contributed by atoms with Gasteiger partial charge in [-0.25, -0.2) is 4.79 Å². The molecule has 6 rings (SSSR count). The van der Waals surface area contributed by atoms with Crippen molar-refractivity contribution in [1.29, 1.82) is 0 Å². The largest absolute Gasteiger partial charge is 0.493 e. The maximum atomic E-state index is 13.9. The molecule has 0 bridgehead atoms. The van der Waals surface area contributed by atoms with Gasteiger partial charge < -0.3 is 14.1 Å². The molecular formula is C32H26ClNO5. The molecule has 0 saturated carbocycles. The maximum Gasteiger partial charge on any atom is 0.347 e. The highest BCUT2D eigenvalue weighted by Crippen LogP contribution is 2.56. The molecule has 196 valence electrons. The summed E-state index contributed by atoms with van der Waals surface area (Å²) in [7, 11) is 1.48. The molecule has 0 radical (unpaired) electrons. The van der Waals surface area contributed by atoms with Crippen LogP contribution in [0.25, 0.3) is 16.5 Å². The molecule has 0 fully saturated rings. The van der Waals surface area contributed by atoms with Gasteiger partial charge in [0.05, 0.1) is 18.4 Å². The quantitative estimate of drug-likeness (QED) is 0.167. The van der Waals surface area contributed by atoms with Crippen LogP contribution in [0, 0.1) is 0 Å². The summed E-state index contributed by atoms with van der Waals surface area (Å²) in [6.07, 6.45) is 1.89. The second kappa shape index (κ2) is 8.68. The Balaban J connectivity index is 1.53. The summed E-state index contributed by atoms with van der Waals surface area (Å²) >= 11 is 6.63. The number of amides is 1. The van der Waals surface area contributed by atoms with Gasteiger partial charge in [0.2, 0.25) is 0 Å². The predicted octanol–water partition coefficient (Wildman–Crippen LogP) is 6.56. The number of ether oxygens (including phenoxy) is 1. The number of hydrogen-bond donors (Lipinski definition) is 0. The van der Waals surface area contributed by atoms with Crippen LogP contribution in [0.15, 0.2) is 82.0 Å². The molecule has 0 aliphatic carbocycles. The number of nitrogens with zero attached hydrogens (tertiary/aromatic N) is 1. The average molecular weight is 540 g/mol. The number of carbonyl (C=O) groups excluding carboxylic acids is 2. The zero-order chi connectivity index (χ0) is 27.7. The molecule has 4 aromatic rings. The van der Waals surface area contributed by atoms with Crippen molar-refractivity contribution in [2.24, 2.45) is 0 Å². The molecule has 7 heteroatoms. The first-order chi connectivity index (χ1) is 18.5. The van der Waals surface area contributed by atoms with Crippen molar-refractivity contribution in [1.82, 2.24) is 0 Å². The summed E-state index contributed by atoms with van der Waals surface area (Å²) in [6, 6.07) is 20.4. The van der Waals surface area contributed by atoms with E-state index in [-0.39, 0.29) is 22.6 Å². The van der Waals surface area contributed by atoms with Crippen LogP contribution in [0.2, 0.25) is 5.02 Å². The molecule has 0 spiro atoms. The van der Waals surface area contributed by atoms with Gasteiger partial charge in [-0.05, 0) is 61.7 Å². The number of carbonyl (C=O) groups is 2. The fraction of sp³-hybridized carbons (Fsp3) is 0.219. The van der Waals surface area contributed by atoms with Crippen LogP contribution in [-0.4, -0.2) is 24.3 Å². The number of rotatable bonds is 4. The average Bonchev–Trinajstić information content (AvgIpc) is 3.18. The van der Waals surface area contributed by atoms with Crippen molar-refractivity contribution in [3.8, 4) is 5.75 Å². The number of fused-ring (bicyclic) bond motifs is 1. The molecule has 2 aliphatic heterocycles. The first-order valence-corrected chi connectivity index (χ1v) is 13.0. The predicted molar refractivity (Wildman–Crippen MR) is 152 cm³/mol. The smallest absolute Gasteiger partial charge is 0.347 e. The Morgan fingerprint density at radius 3 is 2.49 bits per heavy atom. The molecule has 1 atom stereocenters. The lowest BCUT2D eigenvalue weighted by Gasteiger charge is -2.49. The van der Waals surface area contributed by atoms with Gasteiger partial charge in [-0.2, -0.15) is 0 Å². The number of ketones is 1. The molecule has 2 aliphatic rings. The van der Waals surface area contributed by atoms with E-state index in [2.05, 4.69) is 19.1 Å². The summed E-state index contributed by atoms with van der Waals surface area (Å²) < 4.78 is 10.7. The summed E-state index contributed by atoms with van der Waals surface area (Å²) in [6.45, 7) is 6.23. The third kappa shape index (κ3) is 3.73. The lowest BCUT2D eigenvalue weighted by Crippen LogP contribution is -2.54. The highest BCUT2D eigenvalue weighted by molar-refractivity contribution is 6.38. The lowest BCUT2D eigenvalue weighted by atomic mass is 9.65. The first-order valence-electron chi connectivity index (χ1n) is 12.7. The van der Waals surface area contributed by atoms with Crippen molar-refractivity contribution in [2.75, 3.05) is 12.0 Å². The zero-order valence-electron chi connectivity index (χ0n) is 22.0. The van der Waals surface area contributed by atoms with E-state index in [1.807, 2.05) is 38.1 Å². The Morgan fingerprint density at radius 1 is 1.03 bits per heavy atom.